The Labute approximate surface area is 219 Å². The minimum absolute atomic E-state index is 0.157. The van der Waals surface area contributed by atoms with Crippen molar-refractivity contribution < 1.29 is 13.9 Å². The number of fused-ring (bicyclic) bond motifs is 2. The van der Waals surface area contributed by atoms with E-state index in [1.165, 1.54) is 12.1 Å². The first-order valence-electron chi connectivity index (χ1n) is 12.6. The minimum Gasteiger partial charge on any atom is -0.541 e. The van der Waals surface area contributed by atoms with Crippen molar-refractivity contribution in [1.82, 2.24) is 9.55 Å². The number of nitrogens with zero attached hydrogens (tertiary/aromatic N) is 2. The third kappa shape index (κ3) is 4.39. The first-order chi connectivity index (χ1) is 17.0. The summed E-state index contributed by atoms with van der Waals surface area (Å²) < 4.78 is 22.3. The Morgan fingerprint density at radius 1 is 1.00 bits per heavy atom. The summed E-state index contributed by atoms with van der Waals surface area (Å²) in [6, 6.07) is 8.66. The van der Waals surface area contributed by atoms with Gasteiger partial charge in [0.1, 0.15) is 17.1 Å². The lowest BCUT2D eigenvalue weighted by atomic mass is 9.99. The summed E-state index contributed by atoms with van der Waals surface area (Å²) in [5.74, 6) is 0.841. The molecule has 192 valence electrons. The molecule has 4 aromatic rings. The molecule has 0 spiro atoms. The molecule has 0 saturated carbocycles. The van der Waals surface area contributed by atoms with Crippen molar-refractivity contribution in [2.45, 2.75) is 70.5 Å². The van der Waals surface area contributed by atoms with Gasteiger partial charge in [0.15, 0.2) is 0 Å². The van der Waals surface area contributed by atoms with E-state index in [0.717, 1.165) is 33.0 Å². The molecule has 36 heavy (non-hydrogen) atoms. The van der Waals surface area contributed by atoms with Gasteiger partial charge in [0.25, 0.3) is 8.32 Å². The molecule has 7 heteroatoms. The van der Waals surface area contributed by atoms with Crippen molar-refractivity contribution in [1.29, 1.82) is 0 Å². The molecule has 0 aliphatic heterocycles. The maximum Gasteiger partial charge on any atom is 0.258 e. The van der Waals surface area contributed by atoms with Gasteiger partial charge < -0.3 is 14.1 Å². The lowest BCUT2D eigenvalue weighted by Crippen LogP contribution is -2.50. The van der Waals surface area contributed by atoms with Crippen molar-refractivity contribution in [3.05, 3.63) is 65.2 Å². The molecule has 0 saturated heterocycles. The number of aryl methyl sites for hydroxylation is 1. The zero-order valence-corrected chi connectivity index (χ0v) is 23.9. The van der Waals surface area contributed by atoms with Crippen LogP contribution in [0.3, 0.4) is 0 Å². The van der Waals surface area contributed by atoms with E-state index >= 15 is 0 Å². The fourth-order valence-electron chi connectivity index (χ4n) is 5.96. The summed E-state index contributed by atoms with van der Waals surface area (Å²) in [5, 5.41) is 13.6. The Bertz CT molecular complexity index is 1370. The quantitative estimate of drug-likeness (QED) is 0.185. The summed E-state index contributed by atoms with van der Waals surface area (Å²) in [6.07, 6.45) is 4.40. The van der Waals surface area contributed by atoms with Crippen LogP contribution in [0.25, 0.3) is 21.7 Å². The van der Waals surface area contributed by atoms with Gasteiger partial charge >= 0.3 is 0 Å². The van der Waals surface area contributed by atoms with Crippen LogP contribution in [0.1, 0.15) is 58.2 Å². The van der Waals surface area contributed by atoms with Crippen LogP contribution < -0.4 is 4.43 Å². The topological polar surface area (TPSA) is 47.3 Å². The van der Waals surface area contributed by atoms with Gasteiger partial charge in [-0.05, 0) is 57.9 Å². The van der Waals surface area contributed by atoms with Gasteiger partial charge in [-0.15, -0.1) is 11.6 Å². The van der Waals surface area contributed by atoms with Gasteiger partial charge in [-0.2, -0.15) is 0 Å². The molecular weight excluding hydrogens is 491 g/mol. The van der Waals surface area contributed by atoms with E-state index in [-0.39, 0.29) is 17.6 Å². The SMILES string of the molecule is CC(C)[Si](Oc1c2ncc(Cc3ccc(F)cc3)cc2c(CCl)c2cn(C)c(O)c12)(C(C)C)C(C)C. The van der Waals surface area contributed by atoms with Crippen molar-refractivity contribution in [2.75, 3.05) is 0 Å². The molecule has 0 radical (unpaired) electrons. The van der Waals surface area contributed by atoms with E-state index in [1.54, 1.807) is 16.7 Å². The van der Waals surface area contributed by atoms with E-state index in [4.69, 9.17) is 21.0 Å². The van der Waals surface area contributed by atoms with E-state index in [2.05, 4.69) is 47.6 Å². The molecule has 0 unspecified atom stereocenters. The van der Waals surface area contributed by atoms with Gasteiger partial charge in [-0.3, -0.25) is 4.98 Å². The smallest absolute Gasteiger partial charge is 0.258 e. The highest BCUT2D eigenvalue weighted by molar-refractivity contribution is 6.78. The first-order valence-corrected chi connectivity index (χ1v) is 15.3. The lowest BCUT2D eigenvalue weighted by Gasteiger charge is -2.42. The molecule has 2 heterocycles. The van der Waals surface area contributed by atoms with E-state index in [1.807, 2.05) is 19.4 Å². The molecular formula is C29H36ClFN2O2Si. The number of aromatic nitrogens is 2. The summed E-state index contributed by atoms with van der Waals surface area (Å²) in [5.41, 5.74) is 4.74. The van der Waals surface area contributed by atoms with E-state index in [9.17, 15) is 9.50 Å². The third-order valence-electron chi connectivity index (χ3n) is 7.63. The maximum atomic E-state index is 13.4. The van der Waals surface area contributed by atoms with Gasteiger partial charge in [0, 0.05) is 36.1 Å². The number of pyridine rings is 1. The molecule has 0 amide bonds. The van der Waals surface area contributed by atoms with Crippen LogP contribution in [0.2, 0.25) is 16.6 Å². The number of halogens is 2. The molecule has 2 aromatic carbocycles. The Kier molecular flexibility index (Phi) is 7.40. The second kappa shape index (κ2) is 10.1. The maximum absolute atomic E-state index is 13.4. The van der Waals surface area contributed by atoms with Crippen LogP contribution >= 0.6 is 11.6 Å². The van der Waals surface area contributed by atoms with Crippen LogP contribution in [0.4, 0.5) is 4.39 Å². The second-order valence-electron chi connectivity index (χ2n) is 10.8. The van der Waals surface area contributed by atoms with Gasteiger partial charge in [0.2, 0.25) is 5.88 Å². The summed E-state index contributed by atoms with van der Waals surface area (Å²) in [6.45, 7) is 13.5. The molecule has 0 aliphatic rings. The van der Waals surface area contributed by atoms with E-state index in [0.29, 0.717) is 34.2 Å². The largest absolute Gasteiger partial charge is 0.541 e. The zero-order valence-electron chi connectivity index (χ0n) is 22.2. The van der Waals surface area contributed by atoms with Crippen molar-refractivity contribution >= 4 is 41.6 Å². The predicted octanol–water partition coefficient (Wildman–Crippen LogP) is 8.46. The third-order valence-corrected chi connectivity index (χ3v) is 13.9. The van der Waals surface area contributed by atoms with Crippen molar-refractivity contribution in [2.24, 2.45) is 7.05 Å². The predicted molar refractivity (Wildman–Crippen MR) is 150 cm³/mol. The average Bonchev–Trinajstić information content (AvgIpc) is 3.11. The average molecular weight is 527 g/mol. The highest BCUT2D eigenvalue weighted by atomic mass is 35.5. The second-order valence-corrected chi connectivity index (χ2v) is 16.4. The summed E-state index contributed by atoms with van der Waals surface area (Å²) >= 11 is 6.52. The number of rotatable bonds is 8. The molecule has 0 atom stereocenters. The molecule has 2 aromatic heterocycles. The monoisotopic (exact) mass is 526 g/mol. The van der Waals surface area contributed by atoms with E-state index < -0.39 is 8.32 Å². The number of hydrogen-bond acceptors (Lipinski definition) is 3. The molecule has 0 aliphatic carbocycles. The lowest BCUT2D eigenvalue weighted by molar-refractivity contribution is 0.434. The Hall–Kier alpha value is -2.57. The van der Waals surface area contributed by atoms with Crippen molar-refractivity contribution in [3.63, 3.8) is 0 Å². The first kappa shape index (κ1) is 26.5. The van der Waals surface area contributed by atoms with Crippen LogP contribution in [0.5, 0.6) is 11.6 Å². The summed E-state index contributed by atoms with van der Waals surface area (Å²) in [7, 11) is -0.526. The Balaban J connectivity index is 2.00. The number of aromatic hydroxyl groups is 1. The molecule has 0 fully saturated rings. The van der Waals surface area contributed by atoms with Gasteiger partial charge in [-0.25, -0.2) is 4.39 Å². The van der Waals surface area contributed by atoms with Gasteiger partial charge in [-0.1, -0.05) is 53.7 Å². The normalized spacial score (nSPS) is 12.6. The molecule has 0 bridgehead atoms. The highest BCUT2D eigenvalue weighted by Gasteiger charge is 2.48. The number of alkyl halides is 1. The summed E-state index contributed by atoms with van der Waals surface area (Å²) in [4.78, 5) is 4.91. The van der Waals surface area contributed by atoms with Gasteiger partial charge in [0.05, 0.1) is 5.39 Å². The fraction of sp³-hybridized carbons (Fsp3) is 0.414. The standard InChI is InChI=1S/C29H36ClFN2O2Si/c1-17(2)36(18(3)4,19(5)6)35-28-26-25(16-33(7)29(26)34)24(14-30)23-13-21(15-32-27(23)28)12-20-8-10-22(31)11-9-20/h8-11,13,15-19,34H,12,14H2,1-7H3. The Morgan fingerprint density at radius 3 is 2.17 bits per heavy atom. The van der Waals surface area contributed by atoms with Crippen LogP contribution in [0, 0.1) is 5.82 Å². The molecule has 4 nitrogen and oxygen atoms in total. The highest BCUT2D eigenvalue weighted by Crippen LogP contribution is 2.49. The minimum atomic E-state index is -2.35. The van der Waals surface area contributed by atoms with Crippen LogP contribution in [-0.4, -0.2) is 23.0 Å². The Morgan fingerprint density at radius 2 is 1.61 bits per heavy atom. The molecule has 1 N–H and O–H groups in total. The molecule has 4 rings (SSSR count). The number of hydrogen-bond donors (Lipinski definition) is 1. The van der Waals surface area contributed by atoms with Crippen LogP contribution in [-0.2, 0) is 19.3 Å². The number of benzene rings is 2. The zero-order chi connectivity index (χ0) is 26.4. The van der Waals surface area contributed by atoms with Crippen molar-refractivity contribution in [3.8, 4) is 11.6 Å². The van der Waals surface area contributed by atoms with Crippen LogP contribution in [0.15, 0.2) is 42.7 Å². The fourth-order valence-corrected chi connectivity index (χ4v) is 11.5.